The molecule has 0 N–H and O–H groups in total. The van der Waals surface area contributed by atoms with Crippen molar-refractivity contribution in [2.24, 2.45) is 18.9 Å². The van der Waals surface area contributed by atoms with Gasteiger partial charge in [0, 0.05) is 38.6 Å². The smallest absolute Gasteiger partial charge is 0.163 e. The summed E-state index contributed by atoms with van der Waals surface area (Å²) in [5.74, 6) is 3.96. The highest BCUT2D eigenvalue weighted by Gasteiger charge is 2.46. The van der Waals surface area contributed by atoms with Crippen molar-refractivity contribution in [1.29, 1.82) is 0 Å². The van der Waals surface area contributed by atoms with Crippen LogP contribution in [0.15, 0.2) is 30.5 Å². The van der Waals surface area contributed by atoms with Gasteiger partial charge in [-0.3, -0.25) is 9.58 Å². The van der Waals surface area contributed by atoms with Crippen molar-refractivity contribution in [1.82, 2.24) is 24.6 Å². The lowest BCUT2D eigenvalue weighted by Crippen LogP contribution is -2.29. The van der Waals surface area contributed by atoms with Gasteiger partial charge in [-0.1, -0.05) is 12.1 Å². The van der Waals surface area contributed by atoms with Crippen LogP contribution in [-0.4, -0.2) is 58.4 Å². The van der Waals surface area contributed by atoms with Crippen molar-refractivity contribution in [2.45, 2.75) is 13.0 Å². The Morgan fingerprint density at radius 2 is 1.82 bits per heavy atom. The molecule has 0 saturated carbocycles. The summed E-state index contributed by atoms with van der Waals surface area (Å²) in [6.07, 6.45) is 1.89. The summed E-state index contributed by atoms with van der Waals surface area (Å²) in [6, 6.07) is 8.97. The van der Waals surface area contributed by atoms with Gasteiger partial charge in [0.1, 0.15) is 17.4 Å². The zero-order valence-corrected chi connectivity index (χ0v) is 16.8. The van der Waals surface area contributed by atoms with Gasteiger partial charge in [0.05, 0.1) is 18.7 Å². The molecular weight excluding hydrogens is 352 g/mol. The molecular formula is C21H26N6O. The molecule has 0 spiro atoms. The second-order valence-corrected chi connectivity index (χ2v) is 8.09. The predicted octanol–water partition coefficient (Wildman–Crippen LogP) is 2.42. The fraction of sp³-hybridized carbons (Fsp3) is 0.476. The average Bonchev–Trinajstić information content (AvgIpc) is 3.34. The number of anilines is 1. The van der Waals surface area contributed by atoms with Crippen LogP contribution < -0.4 is 9.64 Å². The standard InChI is InChI=1S/C21H26N6O/c1-13-23-20-17(9-22-26(20)3)21(24-13)27-11-15-10-25(2)19(18(15)12-27)14-5-7-16(28-4)8-6-14/h5-9,15,18-19H,10-12H2,1-4H3/t15-,18+,19-/m0/s1. The third-order valence-corrected chi connectivity index (χ3v) is 6.34. The van der Waals surface area contributed by atoms with Crippen molar-refractivity contribution in [3.63, 3.8) is 0 Å². The molecule has 2 saturated heterocycles. The first kappa shape index (κ1) is 17.4. The van der Waals surface area contributed by atoms with Crippen LogP contribution in [0.3, 0.4) is 0 Å². The fourth-order valence-corrected chi connectivity index (χ4v) is 5.09. The Morgan fingerprint density at radius 3 is 2.57 bits per heavy atom. The maximum atomic E-state index is 5.33. The highest BCUT2D eigenvalue weighted by atomic mass is 16.5. The number of nitrogens with zero attached hydrogens (tertiary/aromatic N) is 6. The molecule has 0 radical (unpaired) electrons. The molecule has 3 atom stereocenters. The Kier molecular flexibility index (Phi) is 4.01. The molecule has 1 aromatic carbocycles. The largest absolute Gasteiger partial charge is 0.497 e. The van der Waals surface area contributed by atoms with Crippen molar-refractivity contribution < 1.29 is 4.74 Å². The number of benzene rings is 1. The topological polar surface area (TPSA) is 59.3 Å². The van der Waals surface area contributed by atoms with Crippen LogP contribution >= 0.6 is 0 Å². The Hall–Kier alpha value is -2.67. The normalized spacial score (nSPS) is 24.9. The molecule has 0 bridgehead atoms. The molecule has 4 heterocycles. The SMILES string of the molecule is COc1ccc([C@H]2[C@@H]3CN(c4nc(C)nc5c4cnn5C)C[C@@H]3CN2C)cc1. The van der Waals surface area contributed by atoms with E-state index in [0.29, 0.717) is 17.9 Å². The summed E-state index contributed by atoms with van der Waals surface area (Å²) in [6.45, 7) is 5.10. The molecule has 2 aliphatic heterocycles. The summed E-state index contributed by atoms with van der Waals surface area (Å²) in [4.78, 5) is 14.3. The second kappa shape index (κ2) is 6.44. The summed E-state index contributed by atoms with van der Waals surface area (Å²) in [7, 11) is 5.89. The maximum absolute atomic E-state index is 5.33. The minimum atomic E-state index is 0.424. The molecule has 2 aromatic heterocycles. The molecule has 7 heteroatoms. The Morgan fingerprint density at radius 1 is 1.04 bits per heavy atom. The summed E-state index contributed by atoms with van der Waals surface area (Å²) >= 11 is 0. The van der Waals surface area contributed by atoms with E-state index in [-0.39, 0.29) is 0 Å². The number of rotatable bonds is 3. The van der Waals surface area contributed by atoms with E-state index in [1.165, 1.54) is 5.56 Å². The minimum Gasteiger partial charge on any atom is -0.497 e. The lowest BCUT2D eigenvalue weighted by Gasteiger charge is -2.27. The quantitative estimate of drug-likeness (QED) is 0.698. The molecule has 28 heavy (non-hydrogen) atoms. The van der Waals surface area contributed by atoms with Crippen LogP contribution in [-0.2, 0) is 7.05 Å². The zero-order valence-electron chi connectivity index (χ0n) is 16.8. The Balaban J connectivity index is 1.47. The monoisotopic (exact) mass is 378 g/mol. The van der Waals surface area contributed by atoms with Crippen LogP contribution in [0.2, 0.25) is 0 Å². The molecule has 0 aliphatic carbocycles. The number of ether oxygens (including phenoxy) is 1. The zero-order chi connectivity index (χ0) is 19.4. The van der Waals surface area contributed by atoms with Gasteiger partial charge in [-0.2, -0.15) is 5.10 Å². The average molecular weight is 378 g/mol. The van der Waals surface area contributed by atoms with Gasteiger partial charge in [-0.15, -0.1) is 0 Å². The second-order valence-electron chi connectivity index (χ2n) is 8.09. The van der Waals surface area contributed by atoms with Crippen molar-refractivity contribution >= 4 is 16.9 Å². The van der Waals surface area contributed by atoms with Crippen LogP contribution in [0.25, 0.3) is 11.0 Å². The lowest BCUT2D eigenvalue weighted by molar-refractivity contribution is 0.279. The number of likely N-dealkylation sites (tertiary alicyclic amines) is 1. The fourth-order valence-electron chi connectivity index (χ4n) is 5.09. The van der Waals surface area contributed by atoms with Gasteiger partial charge in [0.2, 0.25) is 0 Å². The number of aryl methyl sites for hydroxylation is 2. The third kappa shape index (κ3) is 2.64. The van der Waals surface area contributed by atoms with E-state index in [0.717, 1.165) is 48.1 Å². The Bertz CT molecular complexity index is 1010. The van der Waals surface area contributed by atoms with Gasteiger partial charge >= 0.3 is 0 Å². The number of methoxy groups -OCH3 is 1. The lowest BCUT2D eigenvalue weighted by atomic mass is 9.89. The van der Waals surface area contributed by atoms with Crippen LogP contribution in [0.4, 0.5) is 5.82 Å². The third-order valence-electron chi connectivity index (χ3n) is 6.34. The highest BCUT2D eigenvalue weighted by molar-refractivity contribution is 5.87. The minimum absolute atomic E-state index is 0.424. The van der Waals surface area contributed by atoms with Gasteiger partial charge in [-0.05, 0) is 37.6 Å². The maximum Gasteiger partial charge on any atom is 0.163 e. The molecule has 2 fully saturated rings. The highest BCUT2D eigenvalue weighted by Crippen LogP contribution is 2.45. The number of hydrogen-bond acceptors (Lipinski definition) is 6. The summed E-state index contributed by atoms with van der Waals surface area (Å²) in [5, 5.41) is 5.44. The molecule has 2 aliphatic rings. The van der Waals surface area contributed by atoms with Crippen LogP contribution in [0.1, 0.15) is 17.4 Å². The van der Waals surface area contributed by atoms with Crippen molar-refractivity contribution in [3.05, 3.63) is 41.9 Å². The predicted molar refractivity (Wildman–Crippen MR) is 109 cm³/mol. The molecule has 0 amide bonds. The molecule has 3 aromatic rings. The van der Waals surface area contributed by atoms with Gasteiger partial charge in [0.15, 0.2) is 5.65 Å². The first-order valence-electron chi connectivity index (χ1n) is 9.80. The number of fused-ring (bicyclic) bond motifs is 2. The number of aromatic nitrogens is 4. The van der Waals surface area contributed by atoms with E-state index in [9.17, 15) is 0 Å². The molecule has 0 unspecified atom stereocenters. The van der Waals surface area contributed by atoms with Gasteiger partial charge < -0.3 is 9.64 Å². The van der Waals surface area contributed by atoms with E-state index >= 15 is 0 Å². The van der Waals surface area contributed by atoms with Gasteiger partial charge in [-0.25, -0.2) is 9.97 Å². The van der Waals surface area contributed by atoms with Crippen LogP contribution in [0.5, 0.6) is 5.75 Å². The first-order valence-corrected chi connectivity index (χ1v) is 9.80. The summed E-state index contributed by atoms with van der Waals surface area (Å²) < 4.78 is 7.16. The van der Waals surface area contributed by atoms with E-state index < -0.39 is 0 Å². The van der Waals surface area contributed by atoms with E-state index in [2.05, 4.69) is 51.2 Å². The van der Waals surface area contributed by atoms with Crippen molar-refractivity contribution in [2.75, 3.05) is 38.7 Å². The first-order chi connectivity index (χ1) is 13.5. The van der Waals surface area contributed by atoms with Crippen molar-refractivity contribution in [3.8, 4) is 5.75 Å². The Labute approximate surface area is 164 Å². The van der Waals surface area contributed by atoms with E-state index in [4.69, 9.17) is 9.72 Å². The van der Waals surface area contributed by atoms with Crippen LogP contribution in [0, 0.1) is 18.8 Å². The summed E-state index contributed by atoms with van der Waals surface area (Å²) in [5.41, 5.74) is 2.27. The van der Waals surface area contributed by atoms with E-state index in [1.807, 2.05) is 24.9 Å². The van der Waals surface area contributed by atoms with Gasteiger partial charge in [0.25, 0.3) is 0 Å². The number of hydrogen-bond donors (Lipinski definition) is 0. The molecule has 5 rings (SSSR count). The molecule has 7 nitrogen and oxygen atoms in total. The van der Waals surface area contributed by atoms with E-state index in [1.54, 1.807) is 7.11 Å². The molecule has 146 valence electrons.